The number of aromatic nitrogens is 2. The predicted molar refractivity (Wildman–Crippen MR) is 55.5 cm³/mol. The third-order valence-corrected chi connectivity index (χ3v) is 1.71. The maximum absolute atomic E-state index is 12.2. The topological polar surface area (TPSA) is 29.9 Å². The lowest BCUT2D eigenvalue weighted by Crippen LogP contribution is -2.15. The quantitative estimate of drug-likeness (QED) is 0.887. The molecule has 0 bridgehead atoms. The largest absolute Gasteiger partial charge is 0.432 e. The molecule has 1 heterocycles. The van der Waals surface area contributed by atoms with Gasteiger partial charge in [0.1, 0.15) is 11.5 Å². The Labute approximate surface area is 97.9 Å². The van der Waals surface area contributed by atoms with E-state index >= 15 is 0 Å². The van der Waals surface area contributed by atoms with E-state index in [1.807, 2.05) is 0 Å². The maximum Gasteiger partial charge on any atom is 0.432 e. The predicted octanol–water partition coefficient (Wildman–Crippen LogP) is 2.00. The fourth-order valence-corrected chi connectivity index (χ4v) is 1.03. The van der Waals surface area contributed by atoms with Crippen molar-refractivity contribution in [3.8, 4) is 0 Å². The number of imidazole rings is 1. The molecular formula is C7H12Cl2F3N3. The summed E-state index contributed by atoms with van der Waals surface area (Å²) in [5.74, 6) is 0.370. The van der Waals surface area contributed by atoms with E-state index in [1.165, 1.54) is 7.05 Å². The molecule has 1 rings (SSSR count). The molecule has 3 nitrogen and oxygen atoms in total. The van der Waals surface area contributed by atoms with Gasteiger partial charge in [-0.25, -0.2) is 4.98 Å². The van der Waals surface area contributed by atoms with Crippen molar-refractivity contribution in [2.75, 3.05) is 7.05 Å². The minimum atomic E-state index is -4.33. The van der Waals surface area contributed by atoms with Crippen molar-refractivity contribution in [2.24, 2.45) is 7.05 Å². The second-order valence-corrected chi connectivity index (χ2v) is 2.65. The first-order valence-electron chi connectivity index (χ1n) is 3.69. The lowest BCUT2D eigenvalue weighted by molar-refractivity contribution is -0.143. The lowest BCUT2D eigenvalue weighted by Gasteiger charge is -2.08. The molecule has 0 saturated carbocycles. The van der Waals surface area contributed by atoms with Gasteiger partial charge in [-0.05, 0) is 7.05 Å². The monoisotopic (exact) mass is 265 g/mol. The maximum atomic E-state index is 12.2. The first kappa shape index (κ1) is 17.0. The fourth-order valence-electron chi connectivity index (χ4n) is 1.03. The number of alkyl halides is 3. The first-order valence-corrected chi connectivity index (χ1v) is 3.69. The number of hydrogen-bond acceptors (Lipinski definition) is 2. The summed E-state index contributed by atoms with van der Waals surface area (Å²) in [7, 11) is 3.00. The van der Waals surface area contributed by atoms with E-state index in [0.717, 1.165) is 10.8 Å². The van der Waals surface area contributed by atoms with Crippen LogP contribution < -0.4 is 5.32 Å². The van der Waals surface area contributed by atoms with Gasteiger partial charge in [0.05, 0.1) is 12.7 Å². The number of rotatable bonds is 2. The van der Waals surface area contributed by atoms with Gasteiger partial charge in [-0.1, -0.05) is 0 Å². The van der Waals surface area contributed by atoms with Crippen molar-refractivity contribution in [1.82, 2.24) is 14.9 Å². The molecule has 0 atom stereocenters. The molecule has 0 aliphatic rings. The van der Waals surface area contributed by atoms with E-state index in [4.69, 9.17) is 0 Å². The second kappa shape index (κ2) is 6.19. The molecule has 15 heavy (non-hydrogen) atoms. The van der Waals surface area contributed by atoms with Gasteiger partial charge in [-0.15, -0.1) is 24.8 Å². The van der Waals surface area contributed by atoms with E-state index in [9.17, 15) is 13.2 Å². The number of halogens is 5. The average molecular weight is 266 g/mol. The Balaban J connectivity index is 0. The van der Waals surface area contributed by atoms with Crippen LogP contribution in [0, 0.1) is 0 Å². The molecule has 1 aromatic heterocycles. The van der Waals surface area contributed by atoms with Crippen molar-refractivity contribution >= 4 is 24.8 Å². The molecule has 0 saturated heterocycles. The molecule has 0 unspecified atom stereocenters. The molecule has 0 aromatic carbocycles. The van der Waals surface area contributed by atoms with Crippen LogP contribution in [0.15, 0.2) is 6.20 Å². The van der Waals surface area contributed by atoms with Crippen LogP contribution in [0.3, 0.4) is 0 Å². The molecule has 0 aliphatic heterocycles. The van der Waals surface area contributed by atoms with Crippen LogP contribution in [0.5, 0.6) is 0 Å². The molecule has 0 amide bonds. The zero-order chi connectivity index (χ0) is 10.1. The Hall–Kier alpha value is -0.460. The van der Waals surface area contributed by atoms with Gasteiger partial charge in [0.15, 0.2) is 0 Å². The van der Waals surface area contributed by atoms with Gasteiger partial charge in [0.2, 0.25) is 0 Å². The number of hydrogen-bond donors (Lipinski definition) is 1. The smallest absolute Gasteiger partial charge is 0.327 e. The average Bonchev–Trinajstić information content (AvgIpc) is 2.32. The molecule has 0 radical (unpaired) electrons. The Morgan fingerprint density at radius 1 is 1.40 bits per heavy atom. The van der Waals surface area contributed by atoms with E-state index < -0.39 is 11.9 Å². The second-order valence-electron chi connectivity index (χ2n) is 2.65. The van der Waals surface area contributed by atoms with Crippen molar-refractivity contribution in [3.05, 3.63) is 17.7 Å². The highest BCUT2D eigenvalue weighted by Crippen LogP contribution is 2.28. The van der Waals surface area contributed by atoms with E-state index in [0.29, 0.717) is 12.4 Å². The van der Waals surface area contributed by atoms with Gasteiger partial charge in [0, 0.05) is 7.05 Å². The molecule has 8 heteroatoms. The summed E-state index contributed by atoms with van der Waals surface area (Å²) in [5, 5.41) is 2.74. The summed E-state index contributed by atoms with van der Waals surface area (Å²) in [6, 6.07) is 0. The third kappa shape index (κ3) is 3.89. The molecule has 0 aliphatic carbocycles. The third-order valence-electron chi connectivity index (χ3n) is 1.71. The Kier molecular flexibility index (Phi) is 7.00. The van der Waals surface area contributed by atoms with Crippen LogP contribution in [-0.2, 0) is 19.8 Å². The molecule has 1 aromatic rings. The van der Waals surface area contributed by atoms with Gasteiger partial charge in [0.25, 0.3) is 0 Å². The lowest BCUT2D eigenvalue weighted by atomic mass is 10.4. The van der Waals surface area contributed by atoms with Crippen LogP contribution >= 0.6 is 24.8 Å². The van der Waals surface area contributed by atoms with Gasteiger partial charge >= 0.3 is 6.18 Å². The molecule has 0 spiro atoms. The van der Waals surface area contributed by atoms with E-state index in [2.05, 4.69) is 10.3 Å². The summed E-state index contributed by atoms with van der Waals surface area (Å²) >= 11 is 0. The van der Waals surface area contributed by atoms with E-state index in [1.54, 1.807) is 7.05 Å². The zero-order valence-corrected chi connectivity index (χ0v) is 9.76. The van der Waals surface area contributed by atoms with Crippen molar-refractivity contribution in [1.29, 1.82) is 0 Å². The summed E-state index contributed by atoms with van der Waals surface area (Å²) in [5.41, 5.74) is -0.724. The van der Waals surface area contributed by atoms with E-state index in [-0.39, 0.29) is 24.8 Å². The molecule has 1 N–H and O–H groups in total. The summed E-state index contributed by atoms with van der Waals surface area (Å²) in [6.07, 6.45) is -3.49. The van der Waals surface area contributed by atoms with Gasteiger partial charge in [-0.3, -0.25) is 0 Å². The summed E-state index contributed by atoms with van der Waals surface area (Å²) < 4.78 is 37.7. The number of nitrogens with zero attached hydrogens (tertiary/aromatic N) is 2. The Morgan fingerprint density at radius 2 is 1.93 bits per heavy atom. The normalized spacial score (nSPS) is 10.5. The minimum absolute atomic E-state index is 0. The zero-order valence-electron chi connectivity index (χ0n) is 8.13. The Morgan fingerprint density at radius 3 is 2.27 bits per heavy atom. The van der Waals surface area contributed by atoms with Crippen LogP contribution in [0.1, 0.15) is 11.5 Å². The highest BCUT2D eigenvalue weighted by Gasteiger charge is 2.34. The summed E-state index contributed by atoms with van der Waals surface area (Å²) in [4.78, 5) is 3.65. The number of nitrogens with one attached hydrogen (secondary N) is 1. The summed E-state index contributed by atoms with van der Waals surface area (Å²) in [6.45, 7) is 0.326. The van der Waals surface area contributed by atoms with Crippen LogP contribution in [0.2, 0.25) is 0 Å². The molecular weight excluding hydrogens is 254 g/mol. The van der Waals surface area contributed by atoms with Gasteiger partial charge < -0.3 is 9.88 Å². The molecule has 0 fully saturated rings. The van der Waals surface area contributed by atoms with Crippen molar-refractivity contribution in [2.45, 2.75) is 12.7 Å². The van der Waals surface area contributed by atoms with Crippen molar-refractivity contribution in [3.63, 3.8) is 0 Å². The highest BCUT2D eigenvalue weighted by atomic mass is 35.5. The van der Waals surface area contributed by atoms with Gasteiger partial charge in [-0.2, -0.15) is 13.2 Å². The van der Waals surface area contributed by atoms with Crippen LogP contribution in [-0.4, -0.2) is 16.6 Å². The van der Waals surface area contributed by atoms with Crippen LogP contribution in [0.4, 0.5) is 13.2 Å². The first-order chi connectivity index (χ1) is 5.96. The van der Waals surface area contributed by atoms with Crippen LogP contribution in [0.25, 0.3) is 0 Å². The highest BCUT2D eigenvalue weighted by molar-refractivity contribution is 5.85. The standard InChI is InChI=1S/C7H10F3N3.2ClH/c1-11-4-6-12-3-5(13(6)2)7(8,9)10;;/h3,11H,4H2,1-2H3;2*1H. The fraction of sp³-hybridized carbons (Fsp3) is 0.571. The van der Waals surface area contributed by atoms with Crippen molar-refractivity contribution < 1.29 is 13.2 Å². The SMILES string of the molecule is CNCc1ncc(C(F)(F)F)n1C.Cl.Cl. The molecule has 90 valence electrons. The minimum Gasteiger partial charge on any atom is -0.327 e. The Bertz CT molecular complexity index is 298.